The summed E-state index contributed by atoms with van der Waals surface area (Å²) in [6.45, 7) is 5.65. The van der Waals surface area contributed by atoms with E-state index in [0.29, 0.717) is 0 Å². The van der Waals surface area contributed by atoms with E-state index in [-0.39, 0.29) is 11.9 Å². The fourth-order valence-electron chi connectivity index (χ4n) is 2.45. The Morgan fingerprint density at radius 3 is 3.00 bits per heavy atom. The minimum atomic E-state index is -0.201. The Morgan fingerprint density at radius 1 is 1.53 bits per heavy atom. The SMILES string of the molecule is CC1CCN(CCC(N)c2cccc(F)c2)C1. The lowest BCUT2D eigenvalue weighted by Crippen LogP contribution is -2.25. The molecule has 0 saturated carbocycles. The predicted molar refractivity (Wildman–Crippen MR) is 68.2 cm³/mol. The molecule has 1 aromatic rings. The van der Waals surface area contributed by atoms with Gasteiger partial charge < -0.3 is 10.6 Å². The van der Waals surface area contributed by atoms with Crippen LogP contribution in [0.2, 0.25) is 0 Å². The number of nitrogens with zero attached hydrogens (tertiary/aromatic N) is 1. The molecule has 2 nitrogen and oxygen atoms in total. The maximum absolute atomic E-state index is 13.1. The second-order valence-electron chi connectivity index (χ2n) is 5.14. The largest absolute Gasteiger partial charge is 0.324 e. The van der Waals surface area contributed by atoms with Gasteiger partial charge in [-0.2, -0.15) is 0 Å². The van der Waals surface area contributed by atoms with Crippen molar-refractivity contribution in [1.82, 2.24) is 4.90 Å². The first-order chi connectivity index (χ1) is 8.15. The molecule has 94 valence electrons. The summed E-state index contributed by atoms with van der Waals surface area (Å²) in [6.07, 6.45) is 2.19. The van der Waals surface area contributed by atoms with Crippen LogP contribution < -0.4 is 5.73 Å². The van der Waals surface area contributed by atoms with E-state index in [0.717, 1.165) is 24.4 Å². The summed E-state index contributed by atoms with van der Waals surface area (Å²) < 4.78 is 13.1. The van der Waals surface area contributed by atoms with E-state index in [1.54, 1.807) is 6.07 Å². The molecule has 0 amide bonds. The zero-order valence-electron chi connectivity index (χ0n) is 10.4. The Morgan fingerprint density at radius 2 is 2.35 bits per heavy atom. The highest BCUT2D eigenvalue weighted by Gasteiger charge is 2.19. The lowest BCUT2D eigenvalue weighted by Gasteiger charge is -2.18. The molecule has 1 aromatic carbocycles. The first-order valence-corrected chi connectivity index (χ1v) is 6.38. The molecule has 1 saturated heterocycles. The van der Waals surface area contributed by atoms with Gasteiger partial charge in [0.2, 0.25) is 0 Å². The van der Waals surface area contributed by atoms with Crippen molar-refractivity contribution < 1.29 is 4.39 Å². The maximum atomic E-state index is 13.1. The molecule has 2 rings (SSSR count). The summed E-state index contributed by atoms with van der Waals surface area (Å²) in [4.78, 5) is 2.45. The number of nitrogens with two attached hydrogens (primary N) is 1. The number of benzene rings is 1. The quantitative estimate of drug-likeness (QED) is 0.870. The molecule has 0 radical (unpaired) electrons. The average molecular weight is 236 g/mol. The topological polar surface area (TPSA) is 29.3 Å². The van der Waals surface area contributed by atoms with Gasteiger partial charge in [-0.25, -0.2) is 4.39 Å². The van der Waals surface area contributed by atoms with Gasteiger partial charge in [-0.1, -0.05) is 19.1 Å². The zero-order chi connectivity index (χ0) is 12.3. The standard InChI is InChI=1S/C14H21FN2/c1-11-5-7-17(10-11)8-6-14(16)12-3-2-4-13(15)9-12/h2-4,9,11,14H,5-8,10,16H2,1H3. The van der Waals surface area contributed by atoms with Crippen molar-refractivity contribution in [2.24, 2.45) is 11.7 Å². The molecular formula is C14H21FN2. The van der Waals surface area contributed by atoms with Gasteiger partial charge in [0.1, 0.15) is 5.82 Å². The molecular weight excluding hydrogens is 215 g/mol. The number of hydrogen-bond donors (Lipinski definition) is 1. The molecule has 1 fully saturated rings. The zero-order valence-corrected chi connectivity index (χ0v) is 10.4. The van der Waals surface area contributed by atoms with Crippen LogP contribution in [0.15, 0.2) is 24.3 Å². The van der Waals surface area contributed by atoms with E-state index >= 15 is 0 Å². The maximum Gasteiger partial charge on any atom is 0.123 e. The van der Waals surface area contributed by atoms with E-state index in [4.69, 9.17) is 5.73 Å². The second-order valence-corrected chi connectivity index (χ2v) is 5.14. The third-order valence-electron chi connectivity index (χ3n) is 3.54. The van der Waals surface area contributed by atoms with E-state index in [1.165, 1.54) is 31.6 Å². The molecule has 2 unspecified atom stereocenters. The van der Waals surface area contributed by atoms with Crippen molar-refractivity contribution in [3.05, 3.63) is 35.6 Å². The Kier molecular flexibility index (Phi) is 4.13. The van der Waals surface area contributed by atoms with Gasteiger partial charge in [0, 0.05) is 12.6 Å². The van der Waals surface area contributed by atoms with Crippen molar-refractivity contribution in [3.63, 3.8) is 0 Å². The van der Waals surface area contributed by atoms with Gasteiger partial charge in [-0.3, -0.25) is 0 Å². The Labute approximate surface area is 103 Å². The minimum Gasteiger partial charge on any atom is -0.324 e. The molecule has 1 aliphatic heterocycles. The van der Waals surface area contributed by atoms with E-state index in [9.17, 15) is 4.39 Å². The van der Waals surface area contributed by atoms with Gasteiger partial charge in [0.25, 0.3) is 0 Å². The highest BCUT2D eigenvalue weighted by atomic mass is 19.1. The van der Waals surface area contributed by atoms with Crippen LogP contribution in [0.4, 0.5) is 4.39 Å². The average Bonchev–Trinajstić information content (AvgIpc) is 2.72. The third kappa shape index (κ3) is 3.51. The number of halogens is 1. The van der Waals surface area contributed by atoms with Crippen molar-refractivity contribution in [2.75, 3.05) is 19.6 Å². The van der Waals surface area contributed by atoms with Gasteiger partial charge in [0.05, 0.1) is 0 Å². The number of rotatable bonds is 4. The summed E-state index contributed by atoms with van der Waals surface area (Å²) in [5, 5.41) is 0. The van der Waals surface area contributed by atoms with Crippen LogP contribution in [0.3, 0.4) is 0 Å². The molecule has 17 heavy (non-hydrogen) atoms. The fraction of sp³-hybridized carbons (Fsp3) is 0.571. The predicted octanol–water partition coefficient (Wildman–Crippen LogP) is 2.56. The lowest BCUT2D eigenvalue weighted by atomic mass is 10.0. The summed E-state index contributed by atoms with van der Waals surface area (Å²) >= 11 is 0. The first-order valence-electron chi connectivity index (χ1n) is 6.38. The summed E-state index contributed by atoms with van der Waals surface area (Å²) in [6, 6.07) is 6.57. The summed E-state index contributed by atoms with van der Waals surface area (Å²) in [7, 11) is 0. The molecule has 2 N–H and O–H groups in total. The summed E-state index contributed by atoms with van der Waals surface area (Å²) in [5.74, 6) is 0.605. The smallest absolute Gasteiger partial charge is 0.123 e. The lowest BCUT2D eigenvalue weighted by molar-refractivity contribution is 0.312. The molecule has 1 heterocycles. The van der Waals surface area contributed by atoms with Crippen molar-refractivity contribution >= 4 is 0 Å². The highest BCUT2D eigenvalue weighted by Crippen LogP contribution is 2.19. The van der Waals surface area contributed by atoms with E-state index < -0.39 is 0 Å². The molecule has 3 heteroatoms. The fourth-order valence-corrected chi connectivity index (χ4v) is 2.45. The van der Waals surface area contributed by atoms with Crippen molar-refractivity contribution in [1.29, 1.82) is 0 Å². The van der Waals surface area contributed by atoms with Crippen LogP contribution in [-0.2, 0) is 0 Å². The number of hydrogen-bond acceptors (Lipinski definition) is 2. The normalized spacial score (nSPS) is 22.9. The third-order valence-corrected chi connectivity index (χ3v) is 3.54. The Balaban J connectivity index is 1.83. The van der Waals surface area contributed by atoms with Gasteiger partial charge in [-0.05, 0) is 49.5 Å². The van der Waals surface area contributed by atoms with Crippen LogP contribution >= 0.6 is 0 Å². The minimum absolute atomic E-state index is 0.0541. The van der Waals surface area contributed by atoms with Gasteiger partial charge >= 0.3 is 0 Å². The van der Waals surface area contributed by atoms with Crippen LogP contribution in [0.25, 0.3) is 0 Å². The molecule has 0 aliphatic carbocycles. The van der Waals surface area contributed by atoms with Gasteiger partial charge in [-0.15, -0.1) is 0 Å². The van der Waals surface area contributed by atoms with Crippen molar-refractivity contribution in [3.8, 4) is 0 Å². The number of likely N-dealkylation sites (tertiary alicyclic amines) is 1. The van der Waals surface area contributed by atoms with E-state index in [2.05, 4.69) is 11.8 Å². The monoisotopic (exact) mass is 236 g/mol. The molecule has 0 aromatic heterocycles. The summed E-state index contributed by atoms with van der Waals surface area (Å²) in [5.41, 5.74) is 6.98. The Bertz CT molecular complexity index is 367. The first kappa shape index (κ1) is 12.5. The second kappa shape index (κ2) is 5.61. The van der Waals surface area contributed by atoms with Gasteiger partial charge in [0.15, 0.2) is 0 Å². The van der Waals surface area contributed by atoms with Crippen molar-refractivity contribution in [2.45, 2.75) is 25.8 Å². The van der Waals surface area contributed by atoms with E-state index in [1.807, 2.05) is 6.07 Å². The molecule has 0 bridgehead atoms. The van der Waals surface area contributed by atoms with Crippen LogP contribution in [0.1, 0.15) is 31.4 Å². The molecule has 1 aliphatic rings. The highest BCUT2D eigenvalue weighted by molar-refractivity contribution is 5.19. The van der Waals surface area contributed by atoms with Crippen LogP contribution in [-0.4, -0.2) is 24.5 Å². The van der Waals surface area contributed by atoms with Crippen LogP contribution in [0.5, 0.6) is 0 Å². The van der Waals surface area contributed by atoms with Crippen LogP contribution in [0, 0.1) is 11.7 Å². The molecule has 2 atom stereocenters. The Hall–Kier alpha value is -0.930. The molecule has 0 spiro atoms.